The number of nitrogens with zero attached hydrogens (tertiary/aromatic N) is 2. The summed E-state index contributed by atoms with van der Waals surface area (Å²) in [4.78, 5) is 4.99. The molecule has 0 spiro atoms. The molecule has 1 saturated carbocycles. The van der Waals surface area contributed by atoms with Crippen molar-refractivity contribution in [2.75, 3.05) is 33.7 Å². The second-order valence-corrected chi connectivity index (χ2v) is 8.11. The molecule has 0 atom stereocenters. The second-order valence-electron chi connectivity index (χ2n) is 8.11. The van der Waals surface area contributed by atoms with Gasteiger partial charge in [-0.3, -0.25) is 4.90 Å². The van der Waals surface area contributed by atoms with Gasteiger partial charge in [0.15, 0.2) is 0 Å². The van der Waals surface area contributed by atoms with Gasteiger partial charge in [-0.05, 0) is 56.3 Å². The lowest BCUT2D eigenvalue weighted by atomic mass is 10.0. The summed E-state index contributed by atoms with van der Waals surface area (Å²) < 4.78 is 0. The second kappa shape index (κ2) is 9.44. The van der Waals surface area contributed by atoms with Crippen LogP contribution in [0, 0.1) is 11.8 Å². The molecular formula is C21H36N2. The van der Waals surface area contributed by atoms with E-state index in [9.17, 15) is 0 Å². The first-order valence-corrected chi connectivity index (χ1v) is 9.48. The molecule has 1 aromatic carbocycles. The van der Waals surface area contributed by atoms with Crippen molar-refractivity contribution < 1.29 is 0 Å². The fourth-order valence-corrected chi connectivity index (χ4v) is 3.72. The van der Waals surface area contributed by atoms with Gasteiger partial charge in [-0.15, -0.1) is 0 Å². The lowest BCUT2D eigenvalue weighted by molar-refractivity contribution is 0.202. The van der Waals surface area contributed by atoms with Gasteiger partial charge >= 0.3 is 0 Å². The van der Waals surface area contributed by atoms with Crippen LogP contribution < -0.4 is 0 Å². The summed E-state index contributed by atoms with van der Waals surface area (Å²) in [7, 11) is 4.36. The maximum absolute atomic E-state index is 2.68. The first-order chi connectivity index (χ1) is 11.0. The predicted molar refractivity (Wildman–Crippen MR) is 101 cm³/mol. The molecule has 0 bridgehead atoms. The Bertz CT molecular complexity index is 447. The number of hydrogen-bond donors (Lipinski definition) is 0. The summed E-state index contributed by atoms with van der Waals surface area (Å²) >= 11 is 0. The highest BCUT2D eigenvalue weighted by Crippen LogP contribution is 2.26. The van der Waals surface area contributed by atoms with Crippen LogP contribution in [0.4, 0.5) is 0 Å². The van der Waals surface area contributed by atoms with E-state index in [1.54, 1.807) is 0 Å². The minimum Gasteiger partial charge on any atom is -0.308 e. The van der Waals surface area contributed by atoms with Crippen LogP contribution in [-0.4, -0.2) is 43.5 Å². The standard InChI is InChI=1S/C21H36N2/c1-18(2)14-20-10-7-11-21(15-20)17-23(13-12-22(3)4)16-19-8-5-6-9-19/h7,10-11,15,18-19H,5-6,8-9,12-14,16-17H2,1-4H3. The van der Waals surface area contributed by atoms with E-state index < -0.39 is 0 Å². The molecule has 130 valence electrons. The van der Waals surface area contributed by atoms with E-state index in [4.69, 9.17) is 0 Å². The number of hydrogen-bond acceptors (Lipinski definition) is 2. The fourth-order valence-electron chi connectivity index (χ4n) is 3.72. The van der Waals surface area contributed by atoms with Crippen LogP contribution in [0.2, 0.25) is 0 Å². The fraction of sp³-hybridized carbons (Fsp3) is 0.714. The van der Waals surface area contributed by atoms with E-state index in [1.807, 2.05) is 0 Å². The van der Waals surface area contributed by atoms with Crippen LogP contribution in [-0.2, 0) is 13.0 Å². The van der Waals surface area contributed by atoms with Gasteiger partial charge in [0.2, 0.25) is 0 Å². The molecule has 1 aliphatic carbocycles. The van der Waals surface area contributed by atoms with Gasteiger partial charge in [0, 0.05) is 26.2 Å². The topological polar surface area (TPSA) is 6.48 Å². The summed E-state index contributed by atoms with van der Waals surface area (Å²) in [6.07, 6.45) is 6.94. The normalized spacial score (nSPS) is 16.1. The van der Waals surface area contributed by atoms with Gasteiger partial charge in [-0.25, -0.2) is 0 Å². The molecule has 1 fully saturated rings. The van der Waals surface area contributed by atoms with Crippen molar-refractivity contribution in [2.24, 2.45) is 11.8 Å². The first-order valence-electron chi connectivity index (χ1n) is 9.48. The number of rotatable bonds is 9. The Kier molecular flexibility index (Phi) is 7.58. The zero-order chi connectivity index (χ0) is 16.7. The summed E-state index contributed by atoms with van der Waals surface area (Å²) in [6, 6.07) is 9.26. The van der Waals surface area contributed by atoms with Crippen molar-refractivity contribution in [3.05, 3.63) is 35.4 Å². The average Bonchev–Trinajstić information content (AvgIpc) is 2.97. The number of benzene rings is 1. The Labute approximate surface area is 143 Å². The van der Waals surface area contributed by atoms with E-state index in [-0.39, 0.29) is 0 Å². The molecule has 0 N–H and O–H groups in total. The Morgan fingerprint density at radius 2 is 1.74 bits per heavy atom. The summed E-state index contributed by atoms with van der Waals surface area (Å²) in [6.45, 7) is 9.32. The molecule has 1 aliphatic rings. The minimum absolute atomic E-state index is 0.730. The van der Waals surface area contributed by atoms with Crippen molar-refractivity contribution in [1.29, 1.82) is 0 Å². The Morgan fingerprint density at radius 1 is 1.04 bits per heavy atom. The Morgan fingerprint density at radius 3 is 2.39 bits per heavy atom. The summed E-state index contributed by atoms with van der Waals surface area (Å²) in [5.74, 6) is 1.66. The van der Waals surface area contributed by atoms with Crippen LogP contribution >= 0.6 is 0 Å². The van der Waals surface area contributed by atoms with E-state index in [1.165, 1.54) is 56.3 Å². The highest BCUT2D eigenvalue weighted by molar-refractivity contribution is 5.23. The summed E-state index contributed by atoms with van der Waals surface area (Å²) in [5, 5.41) is 0. The highest BCUT2D eigenvalue weighted by atomic mass is 15.2. The minimum atomic E-state index is 0.730. The van der Waals surface area contributed by atoms with E-state index in [2.05, 4.69) is 62.0 Å². The van der Waals surface area contributed by atoms with E-state index in [0.29, 0.717) is 0 Å². The van der Waals surface area contributed by atoms with E-state index in [0.717, 1.165) is 24.9 Å². The molecule has 2 heteroatoms. The predicted octanol–water partition coefficient (Wildman–Crippen LogP) is 4.44. The third-order valence-electron chi connectivity index (χ3n) is 4.90. The maximum Gasteiger partial charge on any atom is 0.0234 e. The molecule has 2 nitrogen and oxygen atoms in total. The molecule has 1 aromatic rings. The molecule has 23 heavy (non-hydrogen) atoms. The quantitative estimate of drug-likeness (QED) is 0.664. The average molecular weight is 317 g/mol. The van der Waals surface area contributed by atoms with E-state index >= 15 is 0 Å². The van der Waals surface area contributed by atoms with Crippen molar-refractivity contribution in [1.82, 2.24) is 9.80 Å². The van der Waals surface area contributed by atoms with Gasteiger partial charge in [0.1, 0.15) is 0 Å². The molecule has 0 aliphatic heterocycles. The largest absolute Gasteiger partial charge is 0.308 e. The zero-order valence-electron chi connectivity index (χ0n) is 15.7. The molecule has 0 saturated heterocycles. The van der Waals surface area contributed by atoms with Gasteiger partial charge in [-0.1, -0.05) is 51.0 Å². The number of likely N-dealkylation sites (N-methyl/N-ethyl adjacent to an activating group) is 1. The lowest BCUT2D eigenvalue weighted by Gasteiger charge is -2.27. The Balaban J connectivity index is 1.97. The monoisotopic (exact) mass is 316 g/mol. The third-order valence-corrected chi connectivity index (χ3v) is 4.90. The molecule has 0 radical (unpaired) electrons. The zero-order valence-corrected chi connectivity index (χ0v) is 15.7. The van der Waals surface area contributed by atoms with Crippen LogP contribution in [0.3, 0.4) is 0 Å². The van der Waals surface area contributed by atoms with Crippen molar-refractivity contribution >= 4 is 0 Å². The van der Waals surface area contributed by atoms with Crippen LogP contribution in [0.5, 0.6) is 0 Å². The van der Waals surface area contributed by atoms with Gasteiger partial charge in [0.25, 0.3) is 0 Å². The highest BCUT2D eigenvalue weighted by Gasteiger charge is 2.19. The molecule has 0 unspecified atom stereocenters. The van der Waals surface area contributed by atoms with Crippen molar-refractivity contribution in [2.45, 2.75) is 52.5 Å². The molecule has 0 amide bonds. The smallest absolute Gasteiger partial charge is 0.0234 e. The Hall–Kier alpha value is -0.860. The molecule has 0 heterocycles. The maximum atomic E-state index is 2.68. The first kappa shape index (κ1) is 18.5. The van der Waals surface area contributed by atoms with Crippen molar-refractivity contribution in [3.8, 4) is 0 Å². The third kappa shape index (κ3) is 7.05. The molecular weight excluding hydrogens is 280 g/mol. The lowest BCUT2D eigenvalue weighted by Crippen LogP contribution is -2.34. The van der Waals surface area contributed by atoms with Crippen LogP contribution in [0.1, 0.15) is 50.7 Å². The summed E-state index contributed by atoms with van der Waals surface area (Å²) in [5.41, 5.74) is 2.98. The van der Waals surface area contributed by atoms with Gasteiger partial charge < -0.3 is 4.90 Å². The SMILES string of the molecule is CC(C)Cc1cccc(CN(CCN(C)C)CC2CCCC2)c1. The van der Waals surface area contributed by atoms with Crippen LogP contribution in [0.25, 0.3) is 0 Å². The van der Waals surface area contributed by atoms with Crippen molar-refractivity contribution in [3.63, 3.8) is 0 Å². The molecule has 0 aromatic heterocycles. The van der Waals surface area contributed by atoms with Gasteiger partial charge in [-0.2, -0.15) is 0 Å². The van der Waals surface area contributed by atoms with Crippen LogP contribution in [0.15, 0.2) is 24.3 Å². The molecule has 2 rings (SSSR count). The van der Waals surface area contributed by atoms with Gasteiger partial charge in [0.05, 0.1) is 0 Å².